The third-order valence-electron chi connectivity index (χ3n) is 2.70. The Bertz CT molecular complexity index is 423. The van der Waals surface area contributed by atoms with E-state index in [0.29, 0.717) is 13.1 Å². The summed E-state index contributed by atoms with van der Waals surface area (Å²) in [6, 6.07) is 6.59. The monoisotopic (exact) mass is 301 g/mol. The number of benzene rings is 1. The zero-order chi connectivity index (χ0) is 14.1. The van der Waals surface area contributed by atoms with Crippen LogP contribution in [0.2, 0.25) is 0 Å². The number of carbonyl (C=O) groups is 1. The van der Waals surface area contributed by atoms with Crippen molar-refractivity contribution in [1.82, 2.24) is 10.6 Å². The van der Waals surface area contributed by atoms with Crippen LogP contribution in [-0.4, -0.2) is 31.0 Å². The molecule has 0 bridgehead atoms. The number of hydrogen-bond donors (Lipinski definition) is 2. The van der Waals surface area contributed by atoms with E-state index in [1.54, 1.807) is 19.2 Å². The van der Waals surface area contributed by atoms with Gasteiger partial charge >= 0.3 is 0 Å². The molecule has 1 aromatic rings. The summed E-state index contributed by atoms with van der Waals surface area (Å²) >= 11 is 0. The standard InChI is InChI=1S/C13H19N3O3.ClH/c1-14-10-13(17)15-9-3-2-4-11-5-7-12(8-6-11)16(18)19;/h5-8,14H,2-4,9-10H2,1H3,(H,15,17);1H. The maximum Gasteiger partial charge on any atom is 0.269 e. The molecule has 112 valence electrons. The van der Waals surface area contributed by atoms with E-state index in [2.05, 4.69) is 10.6 Å². The van der Waals surface area contributed by atoms with Gasteiger partial charge in [0, 0.05) is 18.7 Å². The number of carbonyl (C=O) groups excluding carboxylic acids is 1. The lowest BCUT2D eigenvalue weighted by atomic mass is 10.1. The minimum absolute atomic E-state index is 0. The number of aryl methyl sites for hydroxylation is 1. The molecule has 0 aliphatic carbocycles. The van der Waals surface area contributed by atoms with E-state index < -0.39 is 4.92 Å². The van der Waals surface area contributed by atoms with E-state index in [4.69, 9.17) is 0 Å². The summed E-state index contributed by atoms with van der Waals surface area (Å²) in [5.41, 5.74) is 1.19. The number of nitrogens with zero attached hydrogens (tertiary/aromatic N) is 1. The van der Waals surface area contributed by atoms with Crippen LogP contribution in [0.25, 0.3) is 0 Å². The van der Waals surface area contributed by atoms with Gasteiger partial charge in [0.1, 0.15) is 0 Å². The van der Waals surface area contributed by atoms with Crippen LogP contribution < -0.4 is 10.6 Å². The zero-order valence-corrected chi connectivity index (χ0v) is 12.2. The van der Waals surface area contributed by atoms with Gasteiger partial charge in [-0.25, -0.2) is 0 Å². The van der Waals surface area contributed by atoms with E-state index in [1.807, 2.05) is 0 Å². The van der Waals surface area contributed by atoms with E-state index in [9.17, 15) is 14.9 Å². The Labute approximate surface area is 124 Å². The first kappa shape index (κ1) is 18.3. The van der Waals surface area contributed by atoms with Gasteiger partial charge in [-0.2, -0.15) is 0 Å². The third-order valence-corrected chi connectivity index (χ3v) is 2.70. The van der Waals surface area contributed by atoms with Gasteiger partial charge in [-0.3, -0.25) is 14.9 Å². The second-order valence-corrected chi connectivity index (χ2v) is 4.26. The molecule has 0 radical (unpaired) electrons. The summed E-state index contributed by atoms with van der Waals surface area (Å²) in [7, 11) is 1.73. The van der Waals surface area contributed by atoms with Gasteiger partial charge in [0.2, 0.25) is 5.91 Å². The number of hydrogen-bond acceptors (Lipinski definition) is 4. The molecule has 0 fully saturated rings. The van der Waals surface area contributed by atoms with Crippen LogP contribution in [0.3, 0.4) is 0 Å². The lowest BCUT2D eigenvalue weighted by Gasteiger charge is -2.04. The number of nitro benzene ring substituents is 1. The van der Waals surface area contributed by atoms with Crippen molar-refractivity contribution in [3.05, 3.63) is 39.9 Å². The van der Waals surface area contributed by atoms with Gasteiger partial charge in [-0.1, -0.05) is 12.1 Å². The average molecular weight is 302 g/mol. The molecule has 0 spiro atoms. The van der Waals surface area contributed by atoms with Gasteiger partial charge < -0.3 is 10.6 Å². The molecule has 0 unspecified atom stereocenters. The van der Waals surface area contributed by atoms with E-state index in [0.717, 1.165) is 24.8 Å². The molecule has 0 aliphatic rings. The summed E-state index contributed by atoms with van der Waals surface area (Å²) in [5.74, 6) is -0.00200. The molecule has 1 rings (SSSR count). The van der Waals surface area contributed by atoms with Crippen LogP contribution in [0.15, 0.2) is 24.3 Å². The quantitative estimate of drug-likeness (QED) is 0.434. The first-order valence-electron chi connectivity index (χ1n) is 6.28. The fraction of sp³-hybridized carbons (Fsp3) is 0.462. The highest BCUT2D eigenvalue weighted by Crippen LogP contribution is 2.13. The predicted molar refractivity (Wildman–Crippen MR) is 80.2 cm³/mol. The first-order chi connectivity index (χ1) is 9.13. The SMILES string of the molecule is CNCC(=O)NCCCCc1ccc([N+](=O)[O-])cc1.Cl. The number of rotatable bonds is 8. The summed E-state index contributed by atoms with van der Waals surface area (Å²) in [6.07, 6.45) is 2.70. The molecule has 1 aromatic carbocycles. The zero-order valence-electron chi connectivity index (χ0n) is 11.4. The number of nitro groups is 1. The third kappa shape index (κ3) is 7.06. The number of non-ortho nitro benzene ring substituents is 1. The van der Waals surface area contributed by atoms with Gasteiger partial charge in [0.05, 0.1) is 11.5 Å². The number of halogens is 1. The van der Waals surface area contributed by atoms with Crippen molar-refractivity contribution in [1.29, 1.82) is 0 Å². The number of likely N-dealkylation sites (N-methyl/N-ethyl adjacent to an activating group) is 1. The predicted octanol–water partition coefficient (Wildman–Crippen LogP) is 1.67. The molecule has 0 aliphatic heterocycles. The van der Waals surface area contributed by atoms with Crippen molar-refractivity contribution < 1.29 is 9.72 Å². The highest BCUT2D eigenvalue weighted by Gasteiger charge is 2.03. The second kappa shape index (κ2) is 10.2. The van der Waals surface area contributed by atoms with Crippen molar-refractivity contribution in [2.45, 2.75) is 19.3 Å². The van der Waals surface area contributed by atoms with Crippen molar-refractivity contribution in [3.8, 4) is 0 Å². The van der Waals surface area contributed by atoms with Crippen LogP contribution in [-0.2, 0) is 11.2 Å². The minimum Gasteiger partial charge on any atom is -0.355 e. The van der Waals surface area contributed by atoms with Gasteiger partial charge in [-0.15, -0.1) is 12.4 Å². The maximum absolute atomic E-state index is 11.1. The summed E-state index contributed by atoms with van der Waals surface area (Å²) in [5, 5.41) is 16.1. The molecule has 0 atom stereocenters. The maximum atomic E-state index is 11.1. The van der Waals surface area contributed by atoms with Crippen LogP contribution in [0.5, 0.6) is 0 Å². The van der Waals surface area contributed by atoms with E-state index in [-0.39, 0.29) is 24.0 Å². The smallest absolute Gasteiger partial charge is 0.269 e. The van der Waals surface area contributed by atoms with Gasteiger partial charge in [0.25, 0.3) is 5.69 Å². The summed E-state index contributed by atoms with van der Waals surface area (Å²) in [4.78, 5) is 21.2. The van der Waals surface area contributed by atoms with Gasteiger partial charge in [0.15, 0.2) is 0 Å². The second-order valence-electron chi connectivity index (χ2n) is 4.26. The fourth-order valence-corrected chi connectivity index (χ4v) is 1.69. The molecule has 7 heteroatoms. The van der Waals surface area contributed by atoms with Crippen LogP contribution in [0.1, 0.15) is 18.4 Å². The molecule has 0 saturated heterocycles. The van der Waals surface area contributed by atoms with Crippen molar-refractivity contribution in [3.63, 3.8) is 0 Å². The Balaban J connectivity index is 0.00000361. The van der Waals surface area contributed by atoms with E-state index in [1.165, 1.54) is 12.1 Å². The van der Waals surface area contributed by atoms with Crippen LogP contribution in [0.4, 0.5) is 5.69 Å². The molecule has 20 heavy (non-hydrogen) atoms. The Morgan fingerprint density at radius 3 is 2.45 bits per heavy atom. The molecule has 1 amide bonds. The molecule has 0 heterocycles. The molecular weight excluding hydrogens is 282 g/mol. The Kier molecular flexibility index (Phi) is 9.32. The van der Waals surface area contributed by atoms with Crippen molar-refractivity contribution in [2.75, 3.05) is 20.1 Å². The molecule has 6 nitrogen and oxygen atoms in total. The normalized spacial score (nSPS) is 9.65. The number of unbranched alkanes of at least 4 members (excludes halogenated alkanes) is 1. The summed E-state index contributed by atoms with van der Waals surface area (Å²) < 4.78 is 0. The van der Waals surface area contributed by atoms with E-state index >= 15 is 0 Å². The highest BCUT2D eigenvalue weighted by atomic mass is 35.5. The first-order valence-corrected chi connectivity index (χ1v) is 6.28. The van der Waals surface area contributed by atoms with Crippen LogP contribution in [0, 0.1) is 10.1 Å². The average Bonchev–Trinajstić information content (AvgIpc) is 2.39. The minimum atomic E-state index is -0.402. The Morgan fingerprint density at radius 2 is 1.90 bits per heavy atom. The fourth-order valence-electron chi connectivity index (χ4n) is 1.69. The number of nitrogens with one attached hydrogen (secondary N) is 2. The molecular formula is C13H20ClN3O3. The Hall–Kier alpha value is -1.66. The van der Waals surface area contributed by atoms with Gasteiger partial charge in [-0.05, 0) is 31.9 Å². The molecule has 0 saturated carbocycles. The number of amides is 1. The summed E-state index contributed by atoms with van der Waals surface area (Å²) in [6.45, 7) is 0.996. The molecule has 0 aromatic heterocycles. The topological polar surface area (TPSA) is 84.3 Å². The Morgan fingerprint density at radius 1 is 1.25 bits per heavy atom. The lowest BCUT2D eigenvalue weighted by Crippen LogP contribution is -2.32. The highest BCUT2D eigenvalue weighted by molar-refractivity contribution is 5.85. The van der Waals surface area contributed by atoms with Crippen molar-refractivity contribution >= 4 is 24.0 Å². The molecule has 2 N–H and O–H groups in total. The largest absolute Gasteiger partial charge is 0.355 e. The lowest BCUT2D eigenvalue weighted by molar-refractivity contribution is -0.384. The van der Waals surface area contributed by atoms with Crippen molar-refractivity contribution in [2.24, 2.45) is 0 Å². The van der Waals surface area contributed by atoms with Crippen LogP contribution >= 0.6 is 12.4 Å².